The minimum Gasteiger partial charge on any atom is -0.480 e. The smallest absolute Gasteiger partial charge is 0.320 e. The van der Waals surface area contributed by atoms with Crippen molar-refractivity contribution in [1.82, 2.24) is 0 Å². The van der Waals surface area contributed by atoms with Crippen LogP contribution < -0.4 is 5.73 Å². The van der Waals surface area contributed by atoms with Gasteiger partial charge in [-0.1, -0.05) is 30.3 Å². The molecule has 0 saturated carbocycles. The molecule has 0 aliphatic carbocycles. The molecule has 2 unspecified atom stereocenters. The fraction of sp³-hybridized carbons (Fsp3) is 0.529. The van der Waals surface area contributed by atoms with E-state index in [0.717, 1.165) is 5.56 Å². The highest BCUT2D eigenvalue weighted by atomic mass is 16.6. The van der Waals surface area contributed by atoms with Crippen molar-refractivity contribution < 1.29 is 19.4 Å². The Labute approximate surface area is 131 Å². The first kappa shape index (κ1) is 18.2. The van der Waals surface area contributed by atoms with Crippen LogP contribution >= 0.6 is 0 Å². The molecule has 122 valence electrons. The normalized spacial score (nSPS) is 14.2. The molecular formula is C17H25NO4. The zero-order valence-corrected chi connectivity index (χ0v) is 13.4. The van der Waals surface area contributed by atoms with Crippen LogP contribution in [0.5, 0.6) is 0 Å². The lowest BCUT2D eigenvalue weighted by Gasteiger charge is -2.24. The van der Waals surface area contributed by atoms with Crippen molar-refractivity contribution in [3.05, 3.63) is 35.9 Å². The summed E-state index contributed by atoms with van der Waals surface area (Å²) in [7, 11) is 0. The molecule has 0 radical (unpaired) electrons. The van der Waals surface area contributed by atoms with Crippen LogP contribution in [0.2, 0.25) is 0 Å². The molecule has 1 rings (SSSR count). The number of carbonyl (C=O) groups excluding carboxylic acids is 1. The van der Waals surface area contributed by atoms with E-state index in [1.807, 2.05) is 51.1 Å². The van der Waals surface area contributed by atoms with Crippen LogP contribution in [0.3, 0.4) is 0 Å². The maximum absolute atomic E-state index is 12.3. The highest BCUT2D eigenvalue weighted by Crippen LogP contribution is 2.20. The first-order valence-corrected chi connectivity index (χ1v) is 7.44. The third-order valence-corrected chi connectivity index (χ3v) is 3.21. The highest BCUT2D eigenvalue weighted by molar-refractivity contribution is 5.74. The summed E-state index contributed by atoms with van der Waals surface area (Å²) < 4.78 is 5.44. The summed E-state index contributed by atoms with van der Waals surface area (Å²) in [4.78, 5) is 23.2. The maximum Gasteiger partial charge on any atom is 0.320 e. The van der Waals surface area contributed by atoms with E-state index in [1.54, 1.807) is 0 Å². The average molecular weight is 307 g/mol. The summed E-state index contributed by atoms with van der Waals surface area (Å²) in [6, 6.07) is 8.64. The Hall–Kier alpha value is -1.88. The average Bonchev–Trinajstić information content (AvgIpc) is 2.42. The van der Waals surface area contributed by atoms with Gasteiger partial charge in [0.25, 0.3) is 0 Å². The molecular weight excluding hydrogens is 282 g/mol. The monoisotopic (exact) mass is 307 g/mol. The van der Waals surface area contributed by atoms with Crippen molar-refractivity contribution in [2.24, 2.45) is 11.7 Å². The zero-order chi connectivity index (χ0) is 16.8. The molecule has 2 atom stereocenters. The van der Waals surface area contributed by atoms with Gasteiger partial charge >= 0.3 is 11.9 Å². The SMILES string of the molecule is CC(C)(C)OC(=O)C(CCC(N)C(=O)O)Cc1ccccc1. The highest BCUT2D eigenvalue weighted by Gasteiger charge is 2.26. The molecule has 22 heavy (non-hydrogen) atoms. The largest absolute Gasteiger partial charge is 0.480 e. The van der Waals surface area contributed by atoms with E-state index >= 15 is 0 Å². The molecule has 0 fully saturated rings. The molecule has 5 nitrogen and oxygen atoms in total. The Morgan fingerprint density at radius 1 is 1.18 bits per heavy atom. The summed E-state index contributed by atoms with van der Waals surface area (Å²) in [5, 5.41) is 8.87. The number of carbonyl (C=O) groups is 2. The Morgan fingerprint density at radius 2 is 1.77 bits per heavy atom. The third-order valence-electron chi connectivity index (χ3n) is 3.21. The molecule has 1 aromatic rings. The summed E-state index contributed by atoms with van der Waals surface area (Å²) >= 11 is 0. The Bertz CT molecular complexity index is 493. The van der Waals surface area contributed by atoms with Crippen molar-refractivity contribution in [2.75, 3.05) is 0 Å². The van der Waals surface area contributed by atoms with Crippen LogP contribution in [-0.4, -0.2) is 28.7 Å². The number of hydrogen-bond donors (Lipinski definition) is 2. The van der Waals surface area contributed by atoms with Gasteiger partial charge in [-0.3, -0.25) is 9.59 Å². The number of carboxylic acids is 1. The molecule has 5 heteroatoms. The van der Waals surface area contributed by atoms with Crippen LogP contribution in [0.15, 0.2) is 30.3 Å². The predicted octanol–water partition coefficient (Wildman–Crippen LogP) is 2.38. The van der Waals surface area contributed by atoms with E-state index in [-0.39, 0.29) is 12.4 Å². The lowest BCUT2D eigenvalue weighted by atomic mass is 9.93. The van der Waals surface area contributed by atoms with Gasteiger partial charge in [0.15, 0.2) is 0 Å². The first-order valence-electron chi connectivity index (χ1n) is 7.44. The van der Waals surface area contributed by atoms with Crippen molar-refractivity contribution in [1.29, 1.82) is 0 Å². The van der Waals surface area contributed by atoms with Crippen molar-refractivity contribution in [3.8, 4) is 0 Å². The van der Waals surface area contributed by atoms with Gasteiger partial charge < -0.3 is 15.6 Å². The fourth-order valence-electron chi connectivity index (χ4n) is 2.09. The Morgan fingerprint density at radius 3 is 2.27 bits per heavy atom. The topological polar surface area (TPSA) is 89.6 Å². The quantitative estimate of drug-likeness (QED) is 0.755. The Kier molecular flexibility index (Phi) is 6.56. The number of benzene rings is 1. The minimum absolute atomic E-state index is 0.242. The second kappa shape index (κ2) is 7.94. The van der Waals surface area contributed by atoms with Gasteiger partial charge in [-0.25, -0.2) is 0 Å². The van der Waals surface area contributed by atoms with E-state index in [0.29, 0.717) is 12.8 Å². The van der Waals surface area contributed by atoms with Gasteiger partial charge in [0.05, 0.1) is 5.92 Å². The van der Waals surface area contributed by atoms with Gasteiger partial charge in [0.2, 0.25) is 0 Å². The molecule has 0 saturated heterocycles. The number of carboxylic acid groups (broad SMARTS) is 1. The van der Waals surface area contributed by atoms with Crippen molar-refractivity contribution >= 4 is 11.9 Å². The van der Waals surface area contributed by atoms with Crippen molar-refractivity contribution in [3.63, 3.8) is 0 Å². The van der Waals surface area contributed by atoms with Gasteiger partial charge in [-0.2, -0.15) is 0 Å². The summed E-state index contributed by atoms with van der Waals surface area (Å²) in [5.74, 6) is -1.76. The van der Waals surface area contributed by atoms with E-state index in [4.69, 9.17) is 15.6 Å². The van der Waals surface area contributed by atoms with E-state index in [2.05, 4.69) is 0 Å². The molecule has 1 aromatic carbocycles. The number of esters is 1. The van der Waals surface area contributed by atoms with Crippen LogP contribution in [-0.2, 0) is 20.7 Å². The van der Waals surface area contributed by atoms with Crippen LogP contribution in [0.25, 0.3) is 0 Å². The third kappa shape index (κ3) is 6.72. The van der Waals surface area contributed by atoms with E-state index < -0.39 is 23.5 Å². The standard InChI is InChI=1S/C17H25NO4/c1-17(2,3)22-16(21)13(9-10-14(18)15(19)20)11-12-7-5-4-6-8-12/h4-8,13-14H,9-11,18H2,1-3H3,(H,19,20). The van der Waals surface area contributed by atoms with Gasteiger partial charge in [-0.15, -0.1) is 0 Å². The van der Waals surface area contributed by atoms with E-state index in [1.165, 1.54) is 0 Å². The second-order valence-corrected chi connectivity index (χ2v) is 6.44. The zero-order valence-electron chi connectivity index (χ0n) is 13.4. The molecule has 0 bridgehead atoms. The minimum atomic E-state index is -1.05. The predicted molar refractivity (Wildman–Crippen MR) is 84.3 cm³/mol. The van der Waals surface area contributed by atoms with Crippen LogP contribution in [0.4, 0.5) is 0 Å². The molecule has 0 aliphatic rings. The lowest BCUT2D eigenvalue weighted by molar-refractivity contribution is -0.160. The number of ether oxygens (including phenoxy) is 1. The molecule has 0 aliphatic heterocycles. The van der Waals surface area contributed by atoms with E-state index in [9.17, 15) is 9.59 Å². The number of aliphatic carboxylic acids is 1. The maximum atomic E-state index is 12.3. The summed E-state index contributed by atoms with van der Waals surface area (Å²) in [6.45, 7) is 5.44. The molecule has 0 spiro atoms. The fourth-order valence-corrected chi connectivity index (χ4v) is 2.09. The lowest BCUT2D eigenvalue weighted by Crippen LogP contribution is -2.33. The molecule has 3 N–H and O–H groups in total. The van der Waals surface area contributed by atoms with Crippen LogP contribution in [0.1, 0.15) is 39.2 Å². The van der Waals surface area contributed by atoms with Gasteiger partial charge in [0, 0.05) is 0 Å². The van der Waals surface area contributed by atoms with Crippen LogP contribution in [0, 0.1) is 5.92 Å². The van der Waals surface area contributed by atoms with Gasteiger partial charge in [-0.05, 0) is 45.6 Å². The number of rotatable bonds is 7. The second-order valence-electron chi connectivity index (χ2n) is 6.44. The number of hydrogen-bond acceptors (Lipinski definition) is 4. The number of nitrogens with two attached hydrogens (primary N) is 1. The molecule has 0 heterocycles. The summed E-state index contributed by atoms with van der Waals surface area (Å²) in [6.07, 6.45) is 1.14. The molecule has 0 aromatic heterocycles. The molecule has 0 amide bonds. The summed E-state index contributed by atoms with van der Waals surface area (Å²) in [5.41, 5.74) is 5.98. The first-order chi connectivity index (χ1) is 10.2. The van der Waals surface area contributed by atoms with Crippen molar-refractivity contribution in [2.45, 2.75) is 51.7 Å². The Balaban J connectivity index is 2.76. The van der Waals surface area contributed by atoms with Gasteiger partial charge in [0.1, 0.15) is 11.6 Å².